The summed E-state index contributed by atoms with van der Waals surface area (Å²) >= 11 is 12.4. The summed E-state index contributed by atoms with van der Waals surface area (Å²) in [7, 11) is 0. The van der Waals surface area contributed by atoms with Crippen molar-refractivity contribution in [2.75, 3.05) is 11.4 Å². The highest BCUT2D eigenvalue weighted by molar-refractivity contribution is 9.10. The zero-order chi connectivity index (χ0) is 11.9. The van der Waals surface area contributed by atoms with Crippen molar-refractivity contribution in [1.82, 2.24) is 0 Å². The van der Waals surface area contributed by atoms with Crippen LogP contribution in [0.4, 0.5) is 10.1 Å². The van der Waals surface area contributed by atoms with Crippen LogP contribution in [0.15, 0.2) is 16.6 Å². The first-order valence-corrected chi connectivity index (χ1v) is 6.66. The summed E-state index contributed by atoms with van der Waals surface area (Å²) in [6, 6.07) is 2.73. The van der Waals surface area contributed by atoms with E-state index < -0.39 is 5.82 Å². The molecule has 0 bridgehead atoms. The Morgan fingerprint density at radius 3 is 2.75 bits per heavy atom. The Balaban J connectivity index is 2.41. The van der Waals surface area contributed by atoms with E-state index in [2.05, 4.69) is 31.9 Å². The van der Waals surface area contributed by atoms with Gasteiger partial charge in [0, 0.05) is 23.9 Å². The standard InChI is InChI=1S/C10H7Br2ClFNO/c11-5-1-10(16)15(4-5)9-3-8(14)6(12)2-7(9)13/h2-3,5H,1,4H2. The molecule has 2 nitrogen and oxygen atoms in total. The molecule has 1 amide bonds. The molecule has 1 unspecified atom stereocenters. The Labute approximate surface area is 114 Å². The van der Waals surface area contributed by atoms with Crippen molar-refractivity contribution < 1.29 is 9.18 Å². The van der Waals surface area contributed by atoms with Gasteiger partial charge in [-0.05, 0) is 22.0 Å². The molecule has 0 saturated carbocycles. The molecule has 86 valence electrons. The van der Waals surface area contributed by atoms with E-state index in [4.69, 9.17) is 11.6 Å². The van der Waals surface area contributed by atoms with Crippen molar-refractivity contribution in [3.63, 3.8) is 0 Å². The molecule has 0 radical (unpaired) electrons. The number of benzene rings is 1. The molecular formula is C10H7Br2ClFNO. The summed E-state index contributed by atoms with van der Waals surface area (Å²) in [5.41, 5.74) is 0.425. The third-order valence-corrected chi connectivity index (χ3v) is 3.88. The molecular weight excluding hydrogens is 364 g/mol. The fourth-order valence-electron chi connectivity index (χ4n) is 1.62. The number of amides is 1. The number of rotatable bonds is 1. The maximum atomic E-state index is 13.4. The number of alkyl halides is 1. The van der Waals surface area contributed by atoms with Gasteiger partial charge in [0.1, 0.15) is 5.82 Å². The Morgan fingerprint density at radius 1 is 1.50 bits per heavy atom. The highest BCUT2D eigenvalue weighted by Gasteiger charge is 2.30. The lowest BCUT2D eigenvalue weighted by molar-refractivity contribution is -0.117. The molecule has 2 rings (SSSR count). The van der Waals surface area contributed by atoms with E-state index in [1.165, 1.54) is 17.0 Å². The zero-order valence-electron chi connectivity index (χ0n) is 8.01. The second-order valence-corrected chi connectivity index (χ2v) is 6.08. The van der Waals surface area contributed by atoms with Gasteiger partial charge in [-0.1, -0.05) is 27.5 Å². The van der Waals surface area contributed by atoms with E-state index in [1.54, 1.807) is 0 Å². The lowest BCUT2D eigenvalue weighted by Gasteiger charge is -2.17. The Kier molecular flexibility index (Phi) is 3.56. The molecule has 1 aliphatic rings. The Bertz CT molecular complexity index is 455. The predicted octanol–water partition coefficient (Wildman–Crippen LogP) is 3.74. The van der Waals surface area contributed by atoms with Crippen molar-refractivity contribution in [2.24, 2.45) is 0 Å². The number of nitrogens with zero attached hydrogens (tertiary/aromatic N) is 1. The first-order chi connectivity index (χ1) is 7.49. The molecule has 1 saturated heterocycles. The van der Waals surface area contributed by atoms with Crippen molar-refractivity contribution in [1.29, 1.82) is 0 Å². The second kappa shape index (κ2) is 4.63. The fraction of sp³-hybridized carbons (Fsp3) is 0.300. The molecule has 1 aromatic rings. The quantitative estimate of drug-likeness (QED) is 0.544. The fourth-order valence-corrected chi connectivity index (χ4v) is 2.92. The minimum absolute atomic E-state index is 0.0505. The maximum absolute atomic E-state index is 13.4. The van der Waals surface area contributed by atoms with Gasteiger partial charge in [-0.2, -0.15) is 0 Å². The molecule has 0 aromatic heterocycles. The van der Waals surface area contributed by atoms with E-state index in [0.29, 0.717) is 28.1 Å². The van der Waals surface area contributed by atoms with Crippen LogP contribution in [-0.2, 0) is 4.79 Å². The summed E-state index contributed by atoms with van der Waals surface area (Å²) in [5, 5.41) is 0.364. The van der Waals surface area contributed by atoms with E-state index in [1.807, 2.05) is 0 Å². The van der Waals surface area contributed by atoms with Gasteiger partial charge >= 0.3 is 0 Å². The Hall–Kier alpha value is -0.130. The lowest BCUT2D eigenvalue weighted by atomic mass is 10.3. The topological polar surface area (TPSA) is 20.3 Å². The van der Waals surface area contributed by atoms with Crippen LogP contribution in [0, 0.1) is 5.82 Å². The molecule has 16 heavy (non-hydrogen) atoms. The van der Waals surface area contributed by atoms with Crippen LogP contribution in [-0.4, -0.2) is 17.3 Å². The van der Waals surface area contributed by atoms with Gasteiger partial charge in [0.15, 0.2) is 0 Å². The van der Waals surface area contributed by atoms with E-state index in [-0.39, 0.29) is 10.7 Å². The monoisotopic (exact) mass is 369 g/mol. The van der Waals surface area contributed by atoms with Crippen LogP contribution >= 0.6 is 43.5 Å². The van der Waals surface area contributed by atoms with Crippen LogP contribution in [0.5, 0.6) is 0 Å². The number of carbonyl (C=O) groups is 1. The highest BCUT2D eigenvalue weighted by Crippen LogP contribution is 2.34. The Morgan fingerprint density at radius 2 is 2.19 bits per heavy atom. The molecule has 1 heterocycles. The van der Waals surface area contributed by atoms with E-state index in [0.717, 1.165) is 0 Å². The number of anilines is 1. The minimum Gasteiger partial charge on any atom is -0.310 e. The SMILES string of the molecule is O=C1CC(Br)CN1c1cc(F)c(Br)cc1Cl. The van der Waals surface area contributed by atoms with Gasteiger partial charge in [0.05, 0.1) is 15.2 Å². The summed E-state index contributed by atoms with van der Waals surface area (Å²) in [4.78, 5) is 13.2. The lowest BCUT2D eigenvalue weighted by Crippen LogP contribution is -2.25. The van der Waals surface area contributed by atoms with Crippen LogP contribution in [0.2, 0.25) is 5.02 Å². The van der Waals surface area contributed by atoms with Crippen molar-refractivity contribution in [3.05, 3.63) is 27.4 Å². The summed E-state index contributed by atoms with van der Waals surface area (Å²) in [6.45, 7) is 0.514. The number of hydrogen-bond acceptors (Lipinski definition) is 1. The zero-order valence-corrected chi connectivity index (χ0v) is 11.9. The number of hydrogen-bond donors (Lipinski definition) is 0. The minimum atomic E-state index is -0.426. The number of carbonyl (C=O) groups excluding carboxylic acids is 1. The summed E-state index contributed by atoms with van der Waals surface area (Å²) < 4.78 is 13.7. The third-order valence-electron chi connectivity index (χ3n) is 2.36. The first-order valence-electron chi connectivity index (χ1n) is 4.58. The van der Waals surface area contributed by atoms with E-state index in [9.17, 15) is 9.18 Å². The van der Waals surface area contributed by atoms with Crippen LogP contribution in [0.25, 0.3) is 0 Å². The molecule has 0 spiro atoms. The molecule has 0 aliphatic carbocycles. The van der Waals surface area contributed by atoms with Gasteiger partial charge in [-0.15, -0.1) is 0 Å². The molecule has 0 N–H and O–H groups in total. The average molecular weight is 371 g/mol. The molecule has 6 heteroatoms. The number of halogens is 4. The van der Waals surface area contributed by atoms with Crippen molar-refractivity contribution in [3.8, 4) is 0 Å². The molecule has 1 aromatic carbocycles. The third kappa shape index (κ3) is 2.26. The van der Waals surface area contributed by atoms with Gasteiger partial charge in [-0.25, -0.2) is 4.39 Å². The van der Waals surface area contributed by atoms with Gasteiger partial charge in [0.25, 0.3) is 0 Å². The average Bonchev–Trinajstić information content (AvgIpc) is 2.51. The van der Waals surface area contributed by atoms with Gasteiger partial charge in [-0.3, -0.25) is 4.79 Å². The summed E-state index contributed by atoms with van der Waals surface area (Å²) in [5.74, 6) is -0.476. The van der Waals surface area contributed by atoms with E-state index >= 15 is 0 Å². The molecule has 1 fully saturated rings. The highest BCUT2D eigenvalue weighted by atomic mass is 79.9. The second-order valence-electron chi connectivity index (χ2n) is 3.52. The molecule has 1 atom stereocenters. The largest absolute Gasteiger partial charge is 0.310 e. The van der Waals surface area contributed by atoms with Crippen LogP contribution in [0.3, 0.4) is 0 Å². The van der Waals surface area contributed by atoms with Crippen molar-refractivity contribution in [2.45, 2.75) is 11.2 Å². The first kappa shape index (κ1) is 12.3. The van der Waals surface area contributed by atoms with Crippen molar-refractivity contribution >= 4 is 55.1 Å². The normalized spacial score (nSPS) is 20.6. The predicted molar refractivity (Wildman–Crippen MR) is 68.8 cm³/mol. The maximum Gasteiger partial charge on any atom is 0.228 e. The smallest absolute Gasteiger partial charge is 0.228 e. The van der Waals surface area contributed by atoms with Crippen LogP contribution in [0.1, 0.15) is 6.42 Å². The molecule has 1 aliphatic heterocycles. The van der Waals surface area contributed by atoms with Gasteiger partial charge in [0.2, 0.25) is 5.91 Å². The summed E-state index contributed by atoms with van der Waals surface area (Å²) in [6.07, 6.45) is 0.411. The van der Waals surface area contributed by atoms with Gasteiger partial charge < -0.3 is 4.90 Å². The van der Waals surface area contributed by atoms with Crippen LogP contribution < -0.4 is 4.90 Å².